The minimum atomic E-state index is -4.29. The summed E-state index contributed by atoms with van der Waals surface area (Å²) < 4.78 is 25.6. The van der Waals surface area contributed by atoms with Gasteiger partial charge in [-0.2, -0.15) is 0 Å². The van der Waals surface area contributed by atoms with Crippen LogP contribution in [0.3, 0.4) is 0 Å². The lowest BCUT2D eigenvalue weighted by molar-refractivity contribution is -0.141. The number of aryl methyl sites for hydroxylation is 1. The SMILES string of the molecule is Cc1ccc(S(=O)(=O)N(CC(=O)O)C(=O)[C@@H](N)CCCCN)cc1. The molecule has 0 aliphatic rings. The predicted molar refractivity (Wildman–Crippen MR) is 88.6 cm³/mol. The fourth-order valence-corrected chi connectivity index (χ4v) is 3.45. The molecule has 1 amide bonds. The van der Waals surface area contributed by atoms with E-state index in [1.807, 2.05) is 0 Å². The predicted octanol–water partition coefficient (Wildman–Crippen LogP) is 0.0532. The number of carbonyl (C=O) groups excluding carboxylic acids is 1. The van der Waals surface area contributed by atoms with Crippen molar-refractivity contribution in [3.8, 4) is 0 Å². The molecule has 8 nitrogen and oxygen atoms in total. The number of unbranched alkanes of at least 4 members (excludes halogenated alkanes) is 1. The number of amides is 1. The summed E-state index contributed by atoms with van der Waals surface area (Å²) in [4.78, 5) is 23.2. The summed E-state index contributed by atoms with van der Waals surface area (Å²) in [6, 6.07) is 4.69. The molecule has 0 fully saturated rings. The number of carboxylic acid groups (broad SMARTS) is 1. The van der Waals surface area contributed by atoms with E-state index in [9.17, 15) is 18.0 Å². The van der Waals surface area contributed by atoms with Gasteiger partial charge in [-0.05, 0) is 38.4 Å². The van der Waals surface area contributed by atoms with Crippen molar-refractivity contribution in [3.63, 3.8) is 0 Å². The zero-order valence-corrected chi connectivity index (χ0v) is 14.3. The van der Waals surface area contributed by atoms with Gasteiger partial charge in [0.25, 0.3) is 15.9 Å². The summed E-state index contributed by atoms with van der Waals surface area (Å²) >= 11 is 0. The summed E-state index contributed by atoms with van der Waals surface area (Å²) in [6.07, 6.45) is 1.43. The Morgan fingerprint density at radius 2 is 1.79 bits per heavy atom. The van der Waals surface area contributed by atoms with E-state index in [-0.39, 0.29) is 11.3 Å². The molecule has 0 radical (unpaired) electrons. The molecule has 1 atom stereocenters. The molecule has 1 aromatic carbocycles. The van der Waals surface area contributed by atoms with Gasteiger partial charge in [-0.25, -0.2) is 12.7 Å². The Bertz CT molecular complexity index is 673. The van der Waals surface area contributed by atoms with Gasteiger partial charge in [-0.15, -0.1) is 0 Å². The van der Waals surface area contributed by atoms with Crippen molar-refractivity contribution < 1.29 is 23.1 Å². The van der Waals surface area contributed by atoms with Gasteiger partial charge in [0.1, 0.15) is 6.54 Å². The number of benzene rings is 1. The maximum absolute atomic E-state index is 12.6. The van der Waals surface area contributed by atoms with Crippen LogP contribution in [0.1, 0.15) is 24.8 Å². The molecule has 0 spiro atoms. The van der Waals surface area contributed by atoms with Crippen LogP contribution in [0.25, 0.3) is 0 Å². The fourth-order valence-electron chi connectivity index (χ4n) is 2.06. The monoisotopic (exact) mass is 357 g/mol. The summed E-state index contributed by atoms with van der Waals surface area (Å²) in [5.41, 5.74) is 11.9. The van der Waals surface area contributed by atoms with Crippen LogP contribution in [0, 0.1) is 6.92 Å². The standard InChI is InChI=1S/C15H23N3O5S/c1-11-5-7-12(8-6-11)24(22,23)18(10-14(19)20)15(21)13(17)4-2-3-9-16/h5-8,13H,2-4,9-10,16-17H2,1H3,(H,19,20)/t13-/m0/s1. The summed E-state index contributed by atoms with van der Waals surface area (Å²) in [7, 11) is -4.29. The number of rotatable bonds is 9. The smallest absolute Gasteiger partial charge is 0.324 e. The third-order valence-corrected chi connectivity index (χ3v) is 5.18. The molecule has 5 N–H and O–H groups in total. The molecule has 0 bridgehead atoms. The third-order valence-electron chi connectivity index (χ3n) is 3.42. The van der Waals surface area contributed by atoms with Gasteiger partial charge in [0.2, 0.25) is 0 Å². The highest BCUT2D eigenvalue weighted by Crippen LogP contribution is 2.18. The largest absolute Gasteiger partial charge is 0.480 e. The van der Waals surface area contributed by atoms with E-state index in [2.05, 4.69) is 0 Å². The maximum Gasteiger partial charge on any atom is 0.324 e. The second-order valence-corrected chi connectivity index (χ2v) is 7.31. The Hall–Kier alpha value is -1.97. The Balaban J connectivity index is 3.09. The first-order valence-electron chi connectivity index (χ1n) is 7.51. The molecule has 0 saturated carbocycles. The number of carbonyl (C=O) groups is 2. The van der Waals surface area contributed by atoms with Gasteiger partial charge in [-0.1, -0.05) is 24.1 Å². The first-order valence-corrected chi connectivity index (χ1v) is 8.95. The van der Waals surface area contributed by atoms with Gasteiger partial charge in [0.15, 0.2) is 0 Å². The maximum atomic E-state index is 12.6. The number of hydrogen-bond donors (Lipinski definition) is 3. The van der Waals surface area contributed by atoms with Gasteiger partial charge < -0.3 is 16.6 Å². The minimum Gasteiger partial charge on any atom is -0.480 e. The molecule has 0 aliphatic heterocycles. The number of nitrogens with zero attached hydrogens (tertiary/aromatic N) is 1. The lowest BCUT2D eigenvalue weighted by Crippen LogP contribution is -2.48. The fraction of sp³-hybridized carbons (Fsp3) is 0.467. The molecule has 1 rings (SSSR count). The van der Waals surface area contributed by atoms with E-state index in [0.29, 0.717) is 23.7 Å². The van der Waals surface area contributed by atoms with Crippen LogP contribution in [0.15, 0.2) is 29.2 Å². The highest BCUT2D eigenvalue weighted by atomic mass is 32.2. The quantitative estimate of drug-likeness (QED) is 0.530. The van der Waals surface area contributed by atoms with E-state index in [4.69, 9.17) is 16.6 Å². The van der Waals surface area contributed by atoms with Gasteiger partial charge in [-0.3, -0.25) is 9.59 Å². The third kappa shape index (κ3) is 5.29. The van der Waals surface area contributed by atoms with Gasteiger partial charge in [0.05, 0.1) is 10.9 Å². The minimum absolute atomic E-state index is 0.156. The van der Waals surface area contributed by atoms with Crippen molar-refractivity contribution in [1.29, 1.82) is 0 Å². The molecular formula is C15H23N3O5S. The highest BCUT2D eigenvalue weighted by molar-refractivity contribution is 7.89. The van der Waals surface area contributed by atoms with E-state index in [1.54, 1.807) is 19.1 Å². The van der Waals surface area contributed by atoms with Crippen molar-refractivity contribution in [1.82, 2.24) is 4.31 Å². The summed E-state index contributed by atoms with van der Waals surface area (Å²) in [5.74, 6) is -2.37. The summed E-state index contributed by atoms with van der Waals surface area (Å²) in [6.45, 7) is 1.24. The van der Waals surface area contributed by atoms with Gasteiger partial charge >= 0.3 is 5.97 Å². The molecule has 0 aliphatic carbocycles. The zero-order chi connectivity index (χ0) is 18.3. The Morgan fingerprint density at radius 1 is 1.21 bits per heavy atom. The van der Waals surface area contributed by atoms with Crippen LogP contribution in [-0.4, -0.2) is 48.8 Å². The molecule has 0 heterocycles. The van der Waals surface area contributed by atoms with Crippen LogP contribution in [0.4, 0.5) is 0 Å². The Labute approximate surface area is 141 Å². The van der Waals surface area contributed by atoms with Crippen molar-refractivity contribution in [3.05, 3.63) is 29.8 Å². The van der Waals surface area contributed by atoms with E-state index >= 15 is 0 Å². The van der Waals surface area contributed by atoms with Crippen molar-refractivity contribution >= 4 is 21.9 Å². The molecule has 0 aromatic heterocycles. The number of hydrogen-bond acceptors (Lipinski definition) is 6. The summed E-state index contributed by atoms with van der Waals surface area (Å²) in [5, 5.41) is 8.97. The second-order valence-electron chi connectivity index (χ2n) is 5.45. The van der Waals surface area contributed by atoms with Crippen LogP contribution in [0.5, 0.6) is 0 Å². The molecule has 24 heavy (non-hydrogen) atoms. The van der Waals surface area contributed by atoms with Crippen LogP contribution in [-0.2, 0) is 19.6 Å². The molecule has 9 heteroatoms. The number of nitrogens with two attached hydrogens (primary N) is 2. The molecular weight excluding hydrogens is 334 g/mol. The van der Waals surface area contributed by atoms with Crippen LogP contribution < -0.4 is 11.5 Å². The zero-order valence-electron chi connectivity index (χ0n) is 13.5. The molecule has 1 aromatic rings. The lowest BCUT2D eigenvalue weighted by atomic mass is 10.1. The molecule has 134 valence electrons. The second kappa shape index (κ2) is 8.76. The van der Waals surface area contributed by atoms with Crippen molar-refractivity contribution in [2.45, 2.75) is 37.1 Å². The van der Waals surface area contributed by atoms with E-state index in [1.165, 1.54) is 12.1 Å². The topological polar surface area (TPSA) is 144 Å². The lowest BCUT2D eigenvalue weighted by Gasteiger charge is -2.24. The normalized spacial score (nSPS) is 12.6. The first-order chi connectivity index (χ1) is 11.2. The number of carboxylic acids is 1. The number of sulfonamides is 1. The average Bonchev–Trinajstić information content (AvgIpc) is 2.52. The molecule has 0 saturated heterocycles. The van der Waals surface area contributed by atoms with Crippen molar-refractivity contribution in [2.75, 3.05) is 13.1 Å². The Morgan fingerprint density at radius 3 is 2.29 bits per heavy atom. The molecule has 0 unspecified atom stereocenters. The van der Waals surface area contributed by atoms with Crippen molar-refractivity contribution in [2.24, 2.45) is 11.5 Å². The average molecular weight is 357 g/mol. The van der Waals surface area contributed by atoms with Crippen LogP contribution >= 0.6 is 0 Å². The van der Waals surface area contributed by atoms with Crippen LogP contribution in [0.2, 0.25) is 0 Å². The van der Waals surface area contributed by atoms with E-state index < -0.39 is 34.5 Å². The Kier molecular flexibility index (Phi) is 7.33. The highest BCUT2D eigenvalue weighted by Gasteiger charge is 2.33. The van der Waals surface area contributed by atoms with E-state index in [0.717, 1.165) is 5.56 Å². The van der Waals surface area contributed by atoms with Gasteiger partial charge in [0, 0.05) is 0 Å². The number of aliphatic carboxylic acids is 1. The first kappa shape index (κ1) is 20.1.